The van der Waals surface area contributed by atoms with Crippen LogP contribution in [0.4, 0.5) is 11.4 Å². The lowest BCUT2D eigenvalue weighted by atomic mass is 10.1. The number of carbonyl (C=O) groups excluding carboxylic acids is 1. The minimum Gasteiger partial charge on any atom is -0.495 e. The molecule has 0 aliphatic heterocycles. The number of nitrogens with zero attached hydrogens (tertiary/aromatic N) is 1. The van der Waals surface area contributed by atoms with E-state index in [1.54, 1.807) is 6.07 Å². The van der Waals surface area contributed by atoms with Gasteiger partial charge in [0.05, 0.1) is 17.7 Å². The fourth-order valence-electron chi connectivity index (χ4n) is 2.32. The highest BCUT2D eigenvalue weighted by Crippen LogP contribution is 2.28. The molecule has 0 aliphatic rings. The van der Waals surface area contributed by atoms with Crippen LogP contribution in [0.3, 0.4) is 0 Å². The van der Waals surface area contributed by atoms with Gasteiger partial charge in [-0.1, -0.05) is 23.7 Å². The smallest absolute Gasteiger partial charge is 0.279 e. The third-order valence-electron chi connectivity index (χ3n) is 3.70. The highest BCUT2D eigenvalue weighted by Gasteiger charge is 2.16. The van der Waals surface area contributed by atoms with E-state index >= 15 is 0 Å². The van der Waals surface area contributed by atoms with Crippen molar-refractivity contribution in [2.24, 2.45) is 0 Å². The fourth-order valence-corrected chi connectivity index (χ4v) is 2.52. The largest absolute Gasteiger partial charge is 0.495 e. The summed E-state index contributed by atoms with van der Waals surface area (Å²) < 4.78 is 5.13. The number of hydrogen-bond donors (Lipinski definition) is 2. The number of methoxy groups -OCH3 is 1. The number of nitro benzene ring substituents is 1. The van der Waals surface area contributed by atoms with Crippen molar-refractivity contribution in [2.45, 2.75) is 13.0 Å². The molecule has 0 saturated carbocycles. The Bertz CT molecular complexity index is 782. The van der Waals surface area contributed by atoms with Crippen molar-refractivity contribution in [3.05, 3.63) is 63.2 Å². The van der Waals surface area contributed by atoms with Gasteiger partial charge in [0, 0.05) is 22.7 Å². The number of rotatable bonds is 7. The lowest BCUT2D eigenvalue weighted by Gasteiger charge is -2.13. The van der Waals surface area contributed by atoms with Crippen molar-refractivity contribution in [2.75, 3.05) is 19.0 Å². The molecule has 0 unspecified atom stereocenters. The van der Waals surface area contributed by atoms with Crippen LogP contribution in [-0.2, 0) is 4.79 Å². The Hall–Kier alpha value is -2.64. The molecule has 1 atom stereocenters. The second kappa shape index (κ2) is 8.46. The van der Waals surface area contributed by atoms with Gasteiger partial charge in [0.15, 0.2) is 6.54 Å². The molecule has 3 N–H and O–H groups in total. The number of nitrogens with one attached hydrogen (secondary N) is 1. The zero-order chi connectivity index (χ0) is 18.4. The summed E-state index contributed by atoms with van der Waals surface area (Å²) in [5.41, 5.74) is 1.16. The van der Waals surface area contributed by atoms with E-state index in [0.717, 1.165) is 5.56 Å². The van der Waals surface area contributed by atoms with E-state index < -0.39 is 4.92 Å². The van der Waals surface area contributed by atoms with Gasteiger partial charge < -0.3 is 15.4 Å². The molecule has 0 aromatic heterocycles. The molecule has 0 bridgehead atoms. The molecule has 8 heteroatoms. The Morgan fingerprint density at radius 1 is 1.36 bits per heavy atom. The summed E-state index contributed by atoms with van der Waals surface area (Å²) in [7, 11) is 1.43. The van der Waals surface area contributed by atoms with Crippen LogP contribution in [0, 0.1) is 10.1 Å². The van der Waals surface area contributed by atoms with E-state index in [1.807, 2.05) is 30.4 Å². The van der Waals surface area contributed by atoms with E-state index in [1.165, 1.54) is 25.3 Å². The quantitative estimate of drug-likeness (QED) is 0.582. The molecular formula is C17H19ClN3O4+. The molecule has 0 radical (unpaired) electrons. The third kappa shape index (κ3) is 5.17. The number of quaternary nitrogens is 1. The first kappa shape index (κ1) is 18.7. The van der Waals surface area contributed by atoms with Crippen LogP contribution in [0.1, 0.15) is 18.5 Å². The van der Waals surface area contributed by atoms with Crippen molar-refractivity contribution in [3.63, 3.8) is 0 Å². The molecule has 2 aromatic carbocycles. The van der Waals surface area contributed by atoms with Crippen LogP contribution in [-0.4, -0.2) is 24.5 Å². The van der Waals surface area contributed by atoms with E-state index in [4.69, 9.17) is 16.3 Å². The van der Waals surface area contributed by atoms with E-state index in [9.17, 15) is 14.9 Å². The predicted octanol–water partition coefficient (Wildman–Crippen LogP) is 2.52. The molecule has 25 heavy (non-hydrogen) atoms. The third-order valence-corrected chi connectivity index (χ3v) is 3.93. The lowest BCUT2D eigenvalue weighted by molar-refractivity contribution is -0.682. The molecule has 0 aliphatic carbocycles. The SMILES string of the molecule is COc1ccc([N+](=O)[O-])cc1NC(=O)C[NH2+][C@@H](C)c1cccc(Cl)c1. The maximum Gasteiger partial charge on any atom is 0.279 e. The average Bonchev–Trinajstić information content (AvgIpc) is 2.59. The van der Waals surface area contributed by atoms with Gasteiger partial charge in [-0.2, -0.15) is 0 Å². The van der Waals surface area contributed by atoms with Crippen LogP contribution < -0.4 is 15.4 Å². The first-order valence-electron chi connectivity index (χ1n) is 7.61. The highest BCUT2D eigenvalue weighted by atomic mass is 35.5. The van der Waals surface area contributed by atoms with Gasteiger partial charge in [0.25, 0.3) is 11.6 Å². The summed E-state index contributed by atoms with van der Waals surface area (Å²) >= 11 is 5.97. The van der Waals surface area contributed by atoms with Crippen LogP contribution in [0.5, 0.6) is 5.75 Å². The molecule has 2 rings (SSSR count). The number of halogens is 1. The van der Waals surface area contributed by atoms with Gasteiger partial charge in [-0.05, 0) is 25.1 Å². The summed E-state index contributed by atoms with van der Waals surface area (Å²) in [5, 5.41) is 16.0. The Morgan fingerprint density at radius 2 is 2.12 bits per heavy atom. The second-order valence-electron chi connectivity index (χ2n) is 5.47. The molecule has 132 valence electrons. The zero-order valence-corrected chi connectivity index (χ0v) is 14.6. The minimum atomic E-state index is -0.525. The normalized spacial score (nSPS) is 11.6. The molecule has 0 spiro atoms. The van der Waals surface area contributed by atoms with Crippen LogP contribution >= 0.6 is 11.6 Å². The molecule has 0 saturated heterocycles. The van der Waals surface area contributed by atoms with Gasteiger partial charge in [-0.25, -0.2) is 0 Å². The van der Waals surface area contributed by atoms with E-state index in [-0.39, 0.29) is 29.9 Å². The van der Waals surface area contributed by atoms with Crippen molar-refractivity contribution in [1.29, 1.82) is 0 Å². The Kier molecular flexibility index (Phi) is 6.32. The van der Waals surface area contributed by atoms with Gasteiger partial charge >= 0.3 is 0 Å². The summed E-state index contributed by atoms with van der Waals surface area (Å²) in [6.45, 7) is 2.12. The topological polar surface area (TPSA) is 98.1 Å². The number of amides is 1. The number of carbonyl (C=O) groups is 1. The number of non-ortho nitro benzene ring substituents is 1. The van der Waals surface area contributed by atoms with Crippen LogP contribution in [0.15, 0.2) is 42.5 Å². The lowest BCUT2D eigenvalue weighted by Crippen LogP contribution is -2.86. The molecule has 7 nitrogen and oxygen atoms in total. The number of nitrogens with two attached hydrogens (primary N) is 1. The van der Waals surface area contributed by atoms with Gasteiger partial charge in [0.2, 0.25) is 0 Å². The van der Waals surface area contributed by atoms with Crippen molar-refractivity contribution < 1.29 is 19.8 Å². The molecule has 0 fully saturated rings. The van der Waals surface area contributed by atoms with Crippen molar-refractivity contribution in [3.8, 4) is 5.75 Å². The standard InChI is InChI=1S/C17H18ClN3O4/c1-11(12-4-3-5-13(18)8-12)19-10-17(22)20-15-9-14(21(23)24)6-7-16(15)25-2/h3-9,11,19H,10H2,1-2H3,(H,20,22)/p+1/t11-/m0/s1. The first-order chi connectivity index (χ1) is 11.9. The van der Waals surface area contributed by atoms with E-state index in [0.29, 0.717) is 10.8 Å². The van der Waals surface area contributed by atoms with Crippen molar-refractivity contribution >= 4 is 28.9 Å². The minimum absolute atomic E-state index is 0.0384. The monoisotopic (exact) mass is 364 g/mol. The van der Waals surface area contributed by atoms with Gasteiger partial charge in [0.1, 0.15) is 11.8 Å². The maximum atomic E-state index is 12.2. The average molecular weight is 365 g/mol. The fraction of sp³-hybridized carbons (Fsp3) is 0.235. The van der Waals surface area contributed by atoms with E-state index in [2.05, 4.69) is 5.32 Å². The maximum absolute atomic E-state index is 12.2. The Morgan fingerprint density at radius 3 is 2.76 bits per heavy atom. The summed E-state index contributed by atoms with van der Waals surface area (Å²) in [5.74, 6) is 0.0783. The molecule has 2 aromatic rings. The zero-order valence-electron chi connectivity index (χ0n) is 13.9. The Labute approximate surface area is 150 Å². The summed E-state index contributed by atoms with van der Waals surface area (Å²) in [4.78, 5) is 22.5. The molecule has 0 heterocycles. The highest BCUT2D eigenvalue weighted by molar-refractivity contribution is 6.30. The number of ether oxygens (including phenoxy) is 1. The Balaban J connectivity index is 2.00. The predicted molar refractivity (Wildman–Crippen MR) is 94.9 cm³/mol. The van der Waals surface area contributed by atoms with Gasteiger partial charge in [-0.15, -0.1) is 0 Å². The summed E-state index contributed by atoms with van der Waals surface area (Å²) in [6, 6.07) is 11.5. The van der Waals surface area contributed by atoms with Crippen molar-refractivity contribution in [1.82, 2.24) is 0 Å². The molecule has 1 amide bonds. The van der Waals surface area contributed by atoms with Crippen LogP contribution in [0.2, 0.25) is 5.02 Å². The number of benzene rings is 2. The van der Waals surface area contributed by atoms with Gasteiger partial charge in [-0.3, -0.25) is 14.9 Å². The second-order valence-corrected chi connectivity index (χ2v) is 5.91. The van der Waals surface area contributed by atoms with Crippen LogP contribution in [0.25, 0.3) is 0 Å². The number of hydrogen-bond acceptors (Lipinski definition) is 4. The molecular weight excluding hydrogens is 346 g/mol. The number of anilines is 1. The summed E-state index contributed by atoms with van der Waals surface area (Å²) in [6.07, 6.45) is 0. The number of nitro groups is 1. The first-order valence-corrected chi connectivity index (χ1v) is 7.99.